The molecule has 0 atom stereocenters. The molecule has 0 radical (unpaired) electrons. The second kappa shape index (κ2) is 4.54. The molecule has 0 unspecified atom stereocenters. The first-order valence-electron chi connectivity index (χ1n) is 5.77. The van der Waals surface area contributed by atoms with Crippen LogP contribution in [0.1, 0.15) is 5.56 Å². The maximum absolute atomic E-state index is 5.79. The molecule has 0 saturated heterocycles. The highest BCUT2D eigenvalue weighted by atomic mass is 15.4. The molecule has 5 N–H and O–H groups in total. The molecular formula is C12H13N7. The highest BCUT2D eigenvalue weighted by molar-refractivity contribution is 5.83. The van der Waals surface area contributed by atoms with Crippen molar-refractivity contribution in [3.63, 3.8) is 0 Å². The monoisotopic (exact) mass is 255 g/mol. The Bertz CT molecular complexity index is 705. The largest absolute Gasteiger partial charge is 0.382 e. The Hall–Kier alpha value is -2.67. The first-order chi connectivity index (χ1) is 9.29. The van der Waals surface area contributed by atoms with Crippen molar-refractivity contribution in [2.45, 2.75) is 6.54 Å². The zero-order chi connectivity index (χ0) is 13.2. The van der Waals surface area contributed by atoms with Gasteiger partial charge in [-0.3, -0.25) is 9.99 Å². The number of nitrogens with zero attached hydrogens (tertiary/aromatic N) is 4. The van der Waals surface area contributed by atoms with Gasteiger partial charge in [0.1, 0.15) is 6.33 Å². The maximum Gasteiger partial charge on any atom is 0.220 e. The maximum atomic E-state index is 5.79. The van der Waals surface area contributed by atoms with E-state index in [0.717, 1.165) is 5.56 Å². The van der Waals surface area contributed by atoms with E-state index in [0.29, 0.717) is 29.5 Å². The van der Waals surface area contributed by atoms with Crippen LogP contribution in [0.2, 0.25) is 0 Å². The van der Waals surface area contributed by atoms with E-state index in [-0.39, 0.29) is 0 Å². The number of anilines is 2. The zero-order valence-corrected chi connectivity index (χ0v) is 10.1. The van der Waals surface area contributed by atoms with Crippen molar-refractivity contribution in [3.8, 4) is 0 Å². The Morgan fingerprint density at radius 2 is 1.95 bits per heavy atom. The standard InChI is InChI=1S/C12H13N7/c13-10-9-11(16-7-15-10)19(12(17-9)18-14)6-8-4-2-1-3-5-8/h1-5,7H,6,14H2,(H,17,18)(H2,13,15,16). The van der Waals surface area contributed by atoms with Gasteiger partial charge in [0.05, 0.1) is 6.54 Å². The van der Waals surface area contributed by atoms with Gasteiger partial charge in [-0.2, -0.15) is 0 Å². The molecule has 0 aliphatic heterocycles. The molecule has 7 heteroatoms. The number of fused-ring (bicyclic) bond motifs is 1. The third kappa shape index (κ3) is 1.95. The molecular weight excluding hydrogens is 242 g/mol. The molecule has 1 aromatic carbocycles. The van der Waals surface area contributed by atoms with Crippen LogP contribution in [0.5, 0.6) is 0 Å². The van der Waals surface area contributed by atoms with Crippen molar-refractivity contribution in [1.29, 1.82) is 0 Å². The Morgan fingerprint density at radius 1 is 1.16 bits per heavy atom. The number of hydrogen-bond acceptors (Lipinski definition) is 6. The second-order valence-electron chi connectivity index (χ2n) is 4.08. The molecule has 0 aliphatic rings. The minimum absolute atomic E-state index is 0.341. The van der Waals surface area contributed by atoms with E-state index in [9.17, 15) is 0 Å². The lowest BCUT2D eigenvalue weighted by Crippen LogP contribution is -2.14. The summed E-state index contributed by atoms with van der Waals surface area (Å²) in [7, 11) is 0. The molecule has 0 fully saturated rings. The van der Waals surface area contributed by atoms with Crippen molar-refractivity contribution >= 4 is 22.9 Å². The lowest BCUT2D eigenvalue weighted by Gasteiger charge is -2.07. The average molecular weight is 255 g/mol. The molecule has 3 rings (SSSR count). The molecule has 0 spiro atoms. The van der Waals surface area contributed by atoms with Gasteiger partial charge >= 0.3 is 0 Å². The summed E-state index contributed by atoms with van der Waals surface area (Å²) < 4.78 is 1.86. The molecule has 96 valence electrons. The SMILES string of the molecule is NNc1nc2c(N)ncnc2n1Cc1ccccc1. The molecule has 2 heterocycles. The van der Waals surface area contributed by atoms with E-state index >= 15 is 0 Å². The van der Waals surface area contributed by atoms with Gasteiger partial charge in [-0.05, 0) is 5.56 Å². The summed E-state index contributed by atoms with van der Waals surface area (Å²) in [5.41, 5.74) is 10.7. The van der Waals surface area contributed by atoms with Crippen LogP contribution in [0.25, 0.3) is 11.2 Å². The van der Waals surface area contributed by atoms with Gasteiger partial charge in [-0.15, -0.1) is 0 Å². The molecule has 0 aliphatic carbocycles. The second-order valence-corrected chi connectivity index (χ2v) is 4.08. The van der Waals surface area contributed by atoms with Gasteiger partial charge in [0.15, 0.2) is 17.0 Å². The number of nitrogen functional groups attached to an aromatic ring is 2. The topological polar surface area (TPSA) is 108 Å². The normalized spacial score (nSPS) is 10.8. The molecule has 3 aromatic rings. The number of aromatic nitrogens is 4. The summed E-state index contributed by atoms with van der Waals surface area (Å²) >= 11 is 0. The quantitative estimate of drug-likeness (QED) is 0.470. The predicted octanol–water partition coefficient (Wildman–Crippen LogP) is 0.742. The number of rotatable bonds is 3. The van der Waals surface area contributed by atoms with E-state index in [1.807, 2.05) is 34.9 Å². The van der Waals surface area contributed by atoms with Gasteiger partial charge in [0.2, 0.25) is 5.95 Å². The van der Waals surface area contributed by atoms with E-state index in [4.69, 9.17) is 11.6 Å². The van der Waals surface area contributed by atoms with Crippen LogP contribution in [0.15, 0.2) is 36.7 Å². The highest BCUT2D eigenvalue weighted by Crippen LogP contribution is 2.21. The van der Waals surface area contributed by atoms with Crippen molar-refractivity contribution in [1.82, 2.24) is 19.5 Å². The van der Waals surface area contributed by atoms with E-state index in [1.54, 1.807) is 0 Å². The smallest absolute Gasteiger partial charge is 0.220 e. The third-order valence-corrected chi connectivity index (χ3v) is 2.87. The van der Waals surface area contributed by atoms with Crippen molar-refractivity contribution in [2.75, 3.05) is 11.2 Å². The fraction of sp³-hybridized carbons (Fsp3) is 0.0833. The van der Waals surface area contributed by atoms with E-state index < -0.39 is 0 Å². The van der Waals surface area contributed by atoms with Gasteiger partial charge < -0.3 is 5.73 Å². The lowest BCUT2D eigenvalue weighted by atomic mass is 10.2. The van der Waals surface area contributed by atoms with Crippen molar-refractivity contribution in [3.05, 3.63) is 42.2 Å². The fourth-order valence-corrected chi connectivity index (χ4v) is 1.98. The molecule has 0 bridgehead atoms. The van der Waals surface area contributed by atoms with E-state index in [1.165, 1.54) is 6.33 Å². The zero-order valence-electron chi connectivity index (χ0n) is 10.1. The Kier molecular flexibility index (Phi) is 2.73. The minimum atomic E-state index is 0.341. The van der Waals surface area contributed by atoms with E-state index in [2.05, 4.69) is 20.4 Å². The number of hydrazine groups is 1. The van der Waals surface area contributed by atoms with Crippen LogP contribution in [0.4, 0.5) is 11.8 Å². The molecule has 2 aromatic heterocycles. The van der Waals surface area contributed by atoms with Gasteiger partial charge in [0, 0.05) is 0 Å². The van der Waals surface area contributed by atoms with Crippen LogP contribution >= 0.6 is 0 Å². The summed E-state index contributed by atoms with van der Waals surface area (Å²) in [6, 6.07) is 9.98. The average Bonchev–Trinajstić information content (AvgIpc) is 2.80. The van der Waals surface area contributed by atoms with Gasteiger partial charge in [-0.25, -0.2) is 20.8 Å². The highest BCUT2D eigenvalue weighted by Gasteiger charge is 2.13. The number of hydrogen-bond donors (Lipinski definition) is 3. The van der Waals surface area contributed by atoms with Crippen LogP contribution in [-0.4, -0.2) is 19.5 Å². The summed E-state index contributed by atoms with van der Waals surface area (Å²) in [4.78, 5) is 12.4. The predicted molar refractivity (Wildman–Crippen MR) is 73.1 cm³/mol. The summed E-state index contributed by atoms with van der Waals surface area (Å²) in [5.74, 6) is 6.34. The Balaban J connectivity index is 2.14. The van der Waals surface area contributed by atoms with Gasteiger partial charge in [0.25, 0.3) is 0 Å². The summed E-state index contributed by atoms with van der Waals surface area (Å²) in [6.45, 7) is 0.604. The first kappa shape index (κ1) is 11.4. The number of nitrogens with two attached hydrogens (primary N) is 2. The molecule has 0 saturated carbocycles. The molecule has 7 nitrogen and oxygen atoms in total. The number of benzene rings is 1. The number of imidazole rings is 1. The number of nitrogens with one attached hydrogen (secondary N) is 1. The lowest BCUT2D eigenvalue weighted by molar-refractivity contribution is 0.816. The molecule has 19 heavy (non-hydrogen) atoms. The molecule has 0 amide bonds. The van der Waals surface area contributed by atoms with Crippen LogP contribution in [0, 0.1) is 0 Å². The first-order valence-corrected chi connectivity index (χ1v) is 5.77. The van der Waals surface area contributed by atoms with Crippen molar-refractivity contribution in [2.24, 2.45) is 5.84 Å². The van der Waals surface area contributed by atoms with Crippen LogP contribution < -0.4 is 17.0 Å². The van der Waals surface area contributed by atoms with Crippen LogP contribution in [-0.2, 0) is 6.54 Å². The Labute approximate surface area is 109 Å². The van der Waals surface area contributed by atoms with Gasteiger partial charge in [-0.1, -0.05) is 30.3 Å². The third-order valence-electron chi connectivity index (χ3n) is 2.87. The summed E-state index contributed by atoms with van der Waals surface area (Å²) in [6.07, 6.45) is 1.42. The van der Waals surface area contributed by atoms with Crippen LogP contribution in [0.3, 0.4) is 0 Å². The van der Waals surface area contributed by atoms with Crippen molar-refractivity contribution < 1.29 is 0 Å². The summed E-state index contributed by atoms with van der Waals surface area (Å²) in [5, 5.41) is 0. The fourth-order valence-electron chi connectivity index (χ4n) is 1.98. The Morgan fingerprint density at radius 3 is 2.68 bits per heavy atom. The minimum Gasteiger partial charge on any atom is -0.382 e.